The molecule has 3 aromatic rings. The third kappa shape index (κ3) is 5.21. The molecule has 2 unspecified atom stereocenters. The fourth-order valence-corrected chi connectivity index (χ4v) is 3.97. The number of carboxylic acid groups (broad SMARTS) is 1. The number of hydrogen-bond donors (Lipinski definition) is 4. The number of hydrogen-bond acceptors (Lipinski definition) is 8. The molecular formula is C23H23F2N3O7. The zero-order valence-electron chi connectivity index (χ0n) is 18.2. The summed E-state index contributed by atoms with van der Waals surface area (Å²) in [5, 5.41) is 49.0. The molecule has 1 aliphatic rings. The highest BCUT2D eigenvalue weighted by Crippen LogP contribution is 2.33. The quantitative estimate of drug-likeness (QED) is 0.361. The molecule has 1 fully saturated rings. The molecule has 1 saturated heterocycles. The van der Waals surface area contributed by atoms with Crippen molar-refractivity contribution in [1.29, 1.82) is 0 Å². The summed E-state index contributed by atoms with van der Waals surface area (Å²) in [6.07, 6.45) is -6.28. The first-order valence-corrected chi connectivity index (χ1v) is 10.7. The molecule has 4 N–H and O–H groups in total. The van der Waals surface area contributed by atoms with E-state index < -0.39 is 60.8 Å². The van der Waals surface area contributed by atoms with E-state index in [1.807, 2.05) is 0 Å². The molecule has 6 atom stereocenters. The fourth-order valence-electron chi connectivity index (χ4n) is 3.97. The number of carboxylic acids is 1. The maximum Gasteiger partial charge on any atom is 0.335 e. The van der Waals surface area contributed by atoms with E-state index in [2.05, 4.69) is 10.3 Å². The average molecular weight is 491 g/mol. The minimum atomic E-state index is -1.65. The van der Waals surface area contributed by atoms with Crippen molar-refractivity contribution in [2.24, 2.45) is 0 Å². The normalized spacial score (nSPS) is 25.3. The predicted molar refractivity (Wildman–Crippen MR) is 115 cm³/mol. The van der Waals surface area contributed by atoms with Crippen LogP contribution in [0.3, 0.4) is 0 Å². The van der Waals surface area contributed by atoms with Crippen molar-refractivity contribution < 1.29 is 43.5 Å². The molecule has 0 spiro atoms. The van der Waals surface area contributed by atoms with Crippen LogP contribution in [0.5, 0.6) is 0 Å². The summed E-state index contributed by atoms with van der Waals surface area (Å²) < 4.78 is 39.1. The van der Waals surface area contributed by atoms with Crippen molar-refractivity contribution in [3.63, 3.8) is 0 Å². The van der Waals surface area contributed by atoms with Gasteiger partial charge in [-0.25, -0.2) is 18.3 Å². The van der Waals surface area contributed by atoms with E-state index in [4.69, 9.17) is 9.47 Å². The second-order valence-corrected chi connectivity index (χ2v) is 8.06. The molecule has 2 heterocycles. The third-order valence-electron chi connectivity index (χ3n) is 5.77. The van der Waals surface area contributed by atoms with Gasteiger partial charge in [0.25, 0.3) is 0 Å². The van der Waals surface area contributed by atoms with Gasteiger partial charge in [0, 0.05) is 5.56 Å². The lowest BCUT2D eigenvalue weighted by atomic mass is 9.90. The van der Waals surface area contributed by atoms with Crippen molar-refractivity contribution in [3.05, 3.63) is 71.9 Å². The van der Waals surface area contributed by atoms with Crippen molar-refractivity contribution >= 4 is 5.97 Å². The van der Waals surface area contributed by atoms with Crippen LogP contribution in [0.25, 0.3) is 11.3 Å². The molecule has 0 amide bonds. The zero-order chi connectivity index (χ0) is 25.1. The van der Waals surface area contributed by atoms with Gasteiger partial charge in [0.2, 0.25) is 0 Å². The summed E-state index contributed by atoms with van der Waals surface area (Å²) >= 11 is 0. The molecule has 0 saturated carbocycles. The molecule has 12 heteroatoms. The van der Waals surface area contributed by atoms with Gasteiger partial charge in [-0.2, -0.15) is 0 Å². The number of aliphatic hydroxyl groups is 3. The SMILES string of the molecule is O=C(O)[C@@H](OCc1ccccc1)[C@@H]1OC(CO)[C@H](O)[C@H](n2cc(-c3ccc(F)c(F)c3)nn2)C1O. The summed E-state index contributed by atoms with van der Waals surface area (Å²) in [6, 6.07) is 10.6. The Morgan fingerprint density at radius 3 is 2.51 bits per heavy atom. The number of carbonyl (C=O) groups is 1. The standard InChI is InChI=1S/C23H23F2N3O7/c24-14-7-6-13(8-15(14)25)16-9-28(27-26-16)18-19(30)17(10-29)35-21(20(18)31)22(23(32)33)34-11-12-4-2-1-3-5-12/h1-9,17-22,29-31H,10-11H2,(H,32,33)/t17?,18-,19-,20?,21+,22-/m0/s1. The minimum Gasteiger partial charge on any atom is -0.479 e. The lowest BCUT2D eigenvalue weighted by molar-refractivity contribution is -0.238. The molecule has 0 bridgehead atoms. The molecular weight excluding hydrogens is 468 g/mol. The molecule has 1 aliphatic heterocycles. The second-order valence-electron chi connectivity index (χ2n) is 8.06. The highest BCUT2D eigenvalue weighted by molar-refractivity contribution is 5.73. The zero-order valence-corrected chi connectivity index (χ0v) is 18.2. The molecule has 4 rings (SSSR count). The maximum absolute atomic E-state index is 13.6. The molecule has 1 aromatic heterocycles. The fraction of sp³-hybridized carbons (Fsp3) is 0.348. The monoisotopic (exact) mass is 491 g/mol. The van der Waals surface area contributed by atoms with Crippen molar-refractivity contribution in [2.45, 2.75) is 43.2 Å². The van der Waals surface area contributed by atoms with Gasteiger partial charge in [0.15, 0.2) is 17.7 Å². The maximum atomic E-state index is 13.6. The van der Waals surface area contributed by atoms with Gasteiger partial charge in [-0.3, -0.25) is 0 Å². The van der Waals surface area contributed by atoms with Crippen molar-refractivity contribution in [1.82, 2.24) is 15.0 Å². The van der Waals surface area contributed by atoms with E-state index in [9.17, 15) is 34.0 Å². The van der Waals surface area contributed by atoms with E-state index in [0.29, 0.717) is 5.56 Å². The molecule has 0 radical (unpaired) electrons. The molecule has 35 heavy (non-hydrogen) atoms. The Balaban J connectivity index is 1.61. The average Bonchev–Trinajstić information content (AvgIpc) is 3.32. The number of nitrogens with zero attached hydrogens (tertiary/aromatic N) is 3. The first kappa shape index (κ1) is 24.8. The Labute approximate surface area is 198 Å². The van der Waals surface area contributed by atoms with Gasteiger partial charge >= 0.3 is 5.97 Å². The number of benzene rings is 2. The van der Waals surface area contributed by atoms with E-state index in [1.54, 1.807) is 30.3 Å². The number of aliphatic carboxylic acids is 1. The lowest BCUT2D eigenvalue weighted by Crippen LogP contribution is -2.60. The Hall–Kier alpha value is -3.29. The van der Waals surface area contributed by atoms with Crippen molar-refractivity contribution in [2.75, 3.05) is 6.61 Å². The summed E-state index contributed by atoms with van der Waals surface area (Å²) in [7, 11) is 0. The van der Waals surface area contributed by atoms with Crippen LogP contribution in [0.2, 0.25) is 0 Å². The predicted octanol–water partition coefficient (Wildman–Crippen LogP) is 0.916. The first-order valence-electron chi connectivity index (χ1n) is 10.7. The summed E-state index contributed by atoms with van der Waals surface area (Å²) in [5.41, 5.74) is 0.991. The molecule has 10 nitrogen and oxygen atoms in total. The number of aromatic nitrogens is 3. The molecule has 2 aromatic carbocycles. The first-order chi connectivity index (χ1) is 16.8. The van der Waals surface area contributed by atoms with Crippen molar-refractivity contribution in [3.8, 4) is 11.3 Å². The highest BCUT2D eigenvalue weighted by atomic mass is 19.2. The summed E-state index contributed by atoms with van der Waals surface area (Å²) in [5.74, 6) is -3.55. The number of rotatable bonds is 8. The van der Waals surface area contributed by atoms with E-state index in [-0.39, 0.29) is 17.9 Å². The highest BCUT2D eigenvalue weighted by Gasteiger charge is 2.50. The number of ether oxygens (including phenoxy) is 2. The van der Waals surface area contributed by atoms with Crippen LogP contribution < -0.4 is 0 Å². The molecule has 0 aliphatic carbocycles. The van der Waals surface area contributed by atoms with Crippen LogP contribution in [0, 0.1) is 11.6 Å². The largest absolute Gasteiger partial charge is 0.479 e. The smallest absolute Gasteiger partial charge is 0.335 e. The van der Waals surface area contributed by atoms with E-state index in [1.165, 1.54) is 12.3 Å². The topological polar surface area (TPSA) is 147 Å². The Morgan fingerprint density at radius 1 is 1.11 bits per heavy atom. The van der Waals surface area contributed by atoms with E-state index >= 15 is 0 Å². The Bertz CT molecular complexity index is 1160. The number of aliphatic hydroxyl groups excluding tert-OH is 3. The van der Waals surface area contributed by atoms with Crippen LogP contribution in [0.4, 0.5) is 8.78 Å². The van der Waals surface area contributed by atoms with Crippen LogP contribution in [-0.4, -0.2) is 78.5 Å². The van der Waals surface area contributed by atoms with Crippen LogP contribution in [-0.2, 0) is 20.9 Å². The van der Waals surface area contributed by atoms with E-state index in [0.717, 1.165) is 16.8 Å². The lowest BCUT2D eigenvalue weighted by Gasteiger charge is -2.43. The minimum absolute atomic E-state index is 0.0923. The summed E-state index contributed by atoms with van der Waals surface area (Å²) in [6.45, 7) is -0.776. The Kier molecular flexibility index (Phi) is 7.48. The second kappa shape index (κ2) is 10.5. The summed E-state index contributed by atoms with van der Waals surface area (Å²) in [4.78, 5) is 12.0. The van der Waals surface area contributed by atoms with Gasteiger partial charge in [-0.15, -0.1) is 5.10 Å². The van der Waals surface area contributed by atoms with Crippen LogP contribution >= 0.6 is 0 Å². The van der Waals surface area contributed by atoms with Gasteiger partial charge in [-0.05, 0) is 23.8 Å². The van der Waals surface area contributed by atoms with Gasteiger partial charge < -0.3 is 29.9 Å². The van der Waals surface area contributed by atoms with Gasteiger partial charge in [0.05, 0.1) is 19.4 Å². The third-order valence-corrected chi connectivity index (χ3v) is 5.77. The number of halogens is 2. The Morgan fingerprint density at radius 2 is 1.86 bits per heavy atom. The molecule has 186 valence electrons. The van der Waals surface area contributed by atoms with Crippen LogP contribution in [0.15, 0.2) is 54.7 Å². The van der Waals surface area contributed by atoms with Gasteiger partial charge in [0.1, 0.15) is 36.2 Å². The van der Waals surface area contributed by atoms with Gasteiger partial charge in [-0.1, -0.05) is 35.5 Å². The van der Waals surface area contributed by atoms with Crippen LogP contribution in [0.1, 0.15) is 11.6 Å².